The zero-order valence-electron chi connectivity index (χ0n) is 18.2. The summed E-state index contributed by atoms with van der Waals surface area (Å²) in [6, 6.07) is 11.6. The van der Waals surface area contributed by atoms with E-state index in [1.54, 1.807) is 0 Å². The average molecular weight is 426 g/mol. The summed E-state index contributed by atoms with van der Waals surface area (Å²) >= 11 is 6.34. The van der Waals surface area contributed by atoms with E-state index in [4.69, 9.17) is 17.3 Å². The van der Waals surface area contributed by atoms with Crippen LogP contribution in [0.4, 0.5) is 0 Å². The lowest BCUT2D eigenvalue weighted by Gasteiger charge is -2.67. The van der Waals surface area contributed by atoms with E-state index in [1.165, 1.54) is 50.5 Å². The molecule has 0 heterocycles. The van der Waals surface area contributed by atoms with Crippen molar-refractivity contribution in [2.24, 2.45) is 33.8 Å². The highest BCUT2D eigenvalue weighted by Crippen LogP contribution is 2.72. The monoisotopic (exact) mass is 425 g/mol. The first-order valence-corrected chi connectivity index (χ1v) is 12.8. The van der Waals surface area contributed by atoms with Crippen LogP contribution in [0.25, 0.3) is 0 Å². The van der Waals surface area contributed by atoms with Crippen LogP contribution in [0.3, 0.4) is 0 Å². The largest absolute Gasteiger partial charge is 0.328 e. The highest BCUT2D eigenvalue weighted by molar-refractivity contribution is 6.17. The van der Waals surface area contributed by atoms with Crippen LogP contribution in [0.1, 0.15) is 82.6 Å². The molecule has 6 saturated carbocycles. The molecule has 2 unspecified atom stereocenters. The predicted molar refractivity (Wildman–Crippen MR) is 122 cm³/mol. The second-order valence-corrected chi connectivity index (χ2v) is 12.8. The molecule has 3 heteroatoms. The molecule has 1 aromatic carbocycles. The van der Waals surface area contributed by atoms with Crippen LogP contribution < -0.4 is 5.73 Å². The summed E-state index contributed by atoms with van der Waals surface area (Å²) in [6.45, 7) is 0. The molecule has 162 valence electrons. The molecule has 6 aliphatic rings. The van der Waals surface area contributed by atoms with Gasteiger partial charge in [-0.15, -0.1) is 11.6 Å². The standard InChI is InChI=1S/C27H36ClNO/c28-7-6-24-11-20-12-26(16-24,21-4-2-1-3-5-21)18-27(13-20,17-24)23(30)8-19-9-25(10-19)14-22(29)15-25/h1-5,19-20,22H,6-18,29H2/t19?,20?,22?,24-,25?,26-,27?/m1/s1. The van der Waals surface area contributed by atoms with E-state index in [0.717, 1.165) is 38.0 Å². The summed E-state index contributed by atoms with van der Waals surface area (Å²) in [4.78, 5) is 13.9. The number of carbonyl (C=O) groups excluding carboxylic acids is 1. The minimum absolute atomic E-state index is 0.0832. The molecule has 6 aliphatic carbocycles. The lowest BCUT2D eigenvalue weighted by molar-refractivity contribution is -0.164. The van der Waals surface area contributed by atoms with Crippen LogP contribution in [0, 0.1) is 28.1 Å². The van der Waals surface area contributed by atoms with Gasteiger partial charge in [-0.1, -0.05) is 30.3 Å². The molecule has 1 spiro atoms. The van der Waals surface area contributed by atoms with Crippen LogP contribution in [-0.4, -0.2) is 17.7 Å². The minimum Gasteiger partial charge on any atom is -0.328 e. The van der Waals surface area contributed by atoms with E-state index in [-0.39, 0.29) is 16.2 Å². The van der Waals surface area contributed by atoms with Gasteiger partial charge in [0.2, 0.25) is 0 Å². The van der Waals surface area contributed by atoms with Gasteiger partial charge in [0.15, 0.2) is 0 Å². The van der Waals surface area contributed by atoms with Crippen molar-refractivity contribution in [2.45, 2.75) is 88.5 Å². The Bertz CT molecular complexity index is 840. The van der Waals surface area contributed by atoms with Crippen molar-refractivity contribution in [3.05, 3.63) is 35.9 Å². The van der Waals surface area contributed by atoms with Gasteiger partial charge >= 0.3 is 0 Å². The molecular weight excluding hydrogens is 390 g/mol. The van der Waals surface area contributed by atoms with Gasteiger partial charge in [-0.2, -0.15) is 0 Å². The summed E-state index contributed by atoms with van der Waals surface area (Å²) in [5.41, 5.74) is 8.46. The fraction of sp³-hybridized carbons (Fsp3) is 0.741. The molecule has 6 fully saturated rings. The molecule has 4 bridgehead atoms. The Kier molecular flexibility index (Phi) is 4.34. The number of hydrogen-bond acceptors (Lipinski definition) is 2. The Hall–Kier alpha value is -0.860. The number of rotatable bonds is 6. The first kappa shape index (κ1) is 19.8. The molecular formula is C27H36ClNO. The third-order valence-corrected chi connectivity index (χ3v) is 10.3. The third kappa shape index (κ3) is 2.89. The summed E-state index contributed by atoms with van der Waals surface area (Å²) < 4.78 is 0. The fourth-order valence-electron chi connectivity index (χ4n) is 9.72. The number of hydrogen-bond donors (Lipinski definition) is 1. The number of halogens is 1. The SMILES string of the molecule is NC1CC2(C1)CC(CC(=O)C13CC4C[C@@](CCCl)(C1)C[C@](c1ccccc1)(C4)C3)C2. The van der Waals surface area contributed by atoms with Crippen LogP contribution >= 0.6 is 11.6 Å². The van der Waals surface area contributed by atoms with Crippen LogP contribution in [0.15, 0.2) is 30.3 Å². The fourth-order valence-corrected chi connectivity index (χ4v) is 10.1. The van der Waals surface area contributed by atoms with Crippen molar-refractivity contribution >= 4 is 17.4 Å². The second-order valence-electron chi connectivity index (χ2n) is 12.4. The number of benzene rings is 1. The summed E-state index contributed by atoms with van der Waals surface area (Å²) in [5.74, 6) is 2.66. The summed E-state index contributed by atoms with van der Waals surface area (Å²) in [7, 11) is 0. The molecule has 0 saturated heterocycles. The molecule has 1 aromatic rings. The second kappa shape index (κ2) is 6.58. The highest BCUT2D eigenvalue weighted by Gasteiger charge is 2.65. The molecule has 0 aliphatic heterocycles. The van der Waals surface area contributed by atoms with Crippen molar-refractivity contribution in [1.82, 2.24) is 0 Å². The number of ketones is 1. The number of Topliss-reactive ketones (excluding diaryl/α,β-unsaturated/α-hetero) is 1. The molecule has 2 N–H and O–H groups in total. The Labute approximate surface area is 186 Å². The van der Waals surface area contributed by atoms with E-state index in [0.29, 0.717) is 29.1 Å². The van der Waals surface area contributed by atoms with Gasteiger partial charge in [-0.3, -0.25) is 4.79 Å². The summed E-state index contributed by atoms with van der Waals surface area (Å²) in [5, 5.41) is 0. The Morgan fingerprint density at radius 3 is 2.43 bits per heavy atom. The Morgan fingerprint density at radius 2 is 1.73 bits per heavy atom. The zero-order chi connectivity index (χ0) is 20.6. The lowest BCUT2D eigenvalue weighted by Crippen LogP contribution is -2.61. The Balaban J connectivity index is 1.27. The van der Waals surface area contributed by atoms with Crippen molar-refractivity contribution in [2.75, 3.05) is 5.88 Å². The Morgan fingerprint density at radius 1 is 0.967 bits per heavy atom. The number of nitrogens with two attached hydrogens (primary N) is 1. The molecule has 7 rings (SSSR count). The molecule has 2 nitrogen and oxygen atoms in total. The maximum Gasteiger partial charge on any atom is 0.139 e. The van der Waals surface area contributed by atoms with Crippen molar-refractivity contribution in [3.8, 4) is 0 Å². The van der Waals surface area contributed by atoms with Gasteiger partial charge < -0.3 is 5.73 Å². The molecule has 4 atom stereocenters. The quantitative estimate of drug-likeness (QED) is 0.568. The molecule has 0 amide bonds. The van der Waals surface area contributed by atoms with E-state index in [2.05, 4.69) is 30.3 Å². The van der Waals surface area contributed by atoms with Gasteiger partial charge in [0.05, 0.1) is 0 Å². The topological polar surface area (TPSA) is 43.1 Å². The highest BCUT2D eigenvalue weighted by atomic mass is 35.5. The lowest BCUT2D eigenvalue weighted by atomic mass is 9.37. The van der Waals surface area contributed by atoms with Gasteiger partial charge in [0.1, 0.15) is 5.78 Å². The van der Waals surface area contributed by atoms with Crippen molar-refractivity contribution in [3.63, 3.8) is 0 Å². The van der Waals surface area contributed by atoms with Crippen LogP contribution in [-0.2, 0) is 10.2 Å². The van der Waals surface area contributed by atoms with E-state index in [1.807, 2.05) is 0 Å². The smallest absolute Gasteiger partial charge is 0.139 e. The molecule has 0 radical (unpaired) electrons. The molecule has 0 aromatic heterocycles. The number of carbonyl (C=O) groups is 1. The maximum absolute atomic E-state index is 13.9. The van der Waals surface area contributed by atoms with E-state index >= 15 is 0 Å². The first-order chi connectivity index (χ1) is 14.4. The first-order valence-electron chi connectivity index (χ1n) is 12.3. The van der Waals surface area contributed by atoms with Crippen LogP contribution in [0.5, 0.6) is 0 Å². The van der Waals surface area contributed by atoms with E-state index < -0.39 is 0 Å². The third-order valence-electron chi connectivity index (χ3n) is 10.1. The summed E-state index contributed by atoms with van der Waals surface area (Å²) in [6.07, 6.45) is 14.0. The molecule has 30 heavy (non-hydrogen) atoms. The van der Waals surface area contributed by atoms with Gasteiger partial charge in [-0.05, 0) is 104 Å². The van der Waals surface area contributed by atoms with Crippen LogP contribution in [0.2, 0.25) is 0 Å². The number of alkyl halides is 1. The predicted octanol–water partition coefficient (Wildman–Crippen LogP) is 6.00. The van der Waals surface area contributed by atoms with E-state index in [9.17, 15) is 4.79 Å². The van der Waals surface area contributed by atoms with Gasteiger partial charge in [0, 0.05) is 23.8 Å². The van der Waals surface area contributed by atoms with Crippen molar-refractivity contribution in [1.29, 1.82) is 0 Å². The van der Waals surface area contributed by atoms with Crippen molar-refractivity contribution < 1.29 is 4.79 Å². The average Bonchev–Trinajstić information content (AvgIpc) is 2.65. The minimum atomic E-state index is -0.0832. The van der Waals surface area contributed by atoms with Gasteiger partial charge in [-0.25, -0.2) is 0 Å². The zero-order valence-corrected chi connectivity index (χ0v) is 18.9. The van der Waals surface area contributed by atoms with Gasteiger partial charge in [0.25, 0.3) is 0 Å². The maximum atomic E-state index is 13.9. The normalized spacial score (nSPS) is 48.4.